The third-order valence-corrected chi connectivity index (χ3v) is 7.38. The summed E-state index contributed by atoms with van der Waals surface area (Å²) in [5.41, 5.74) is 1.11. The van der Waals surface area contributed by atoms with E-state index in [0.717, 1.165) is 77.8 Å². The van der Waals surface area contributed by atoms with E-state index in [2.05, 4.69) is 9.97 Å². The first-order valence-corrected chi connectivity index (χ1v) is 14.3. The summed E-state index contributed by atoms with van der Waals surface area (Å²) in [6.45, 7) is 4.79. The molecule has 43 heavy (non-hydrogen) atoms. The second-order valence-corrected chi connectivity index (χ2v) is 10.3. The van der Waals surface area contributed by atoms with Crippen LogP contribution in [0.3, 0.4) is 0 Å². The number of hydrogen-bond acceptors (Lipinski definition) is 8. The smallest absolute Gasteiger partial charge is 0.257 e. The van der Waals surface area contributed by atoms with Gasteiger partial charge in [0.1, 0.15) is 17.2 Å². The minimum absolute atomic E-state index is 0. The van der Waals surface area contributed by atoms with Gasteiger partial charge in [-0.3, -0.25) is 24.4 Å². The molecule has 5 heterocycles. The van der Waals surface area contributed by atoms with Crippen molar-refractivity contribution in [1.82, 2.24) is 24.7 Å². The molecule has 3 aliphatic rings. The molecule has 0 spiro atoms. The SMILES string of the molecule is O=C(c1ccccc1O)N1CCCC1.O=C(c1ccncc1O)N1CCCC1.O=C(c1ccncc1O)N1CCCC1.[Fe]. The van der Waals surface area contributed by atoms with Gasteiger partial charge in [-0.05, 0) is 62.8 Å². The standard InChI is InChI=1S/C11H13NO2.2C10H12N2O2.Fe/c13-10-6-2-1-5-9(10)11(14)12-7-3-4-8-12;2*13-9-7-11-4-3-8(9)10(14)12-5-1-2-6-12;/h1-2,5-6,13H,3-4,7-8H2;2*3-4,7,13H,1-2,5-6H2;. The quantitative estimate of drug-likeness (QED) is 0.371. The molecule has 11 nitrogen and oxygen atoms in total. The number of carbonyl (C=O) groups is 3. The van der Waals surface area contributed by atoms with Crippen LogP contribution in [0.2, 0.25) is 0 Å². The van der Waals surface area contributed by atoms with Gasteiger partial charge in [0.15, 0.2) is 0 Å². The molecule has 0 saturated carbocycles. The topological polar surface area (TPSA) is 147 Å². The summed E-state index contributed by atoms with van der Waals surface area (Å²) < 4.78 is 0. The maximum Gasteiger partial charge on any atom is 0.257 e. The van der Waals surface area contributed by atoms with E-state index in [0.29, 0.717) is 16.7 Å². The zero-order valence-corrected chi connectivity index (χ0v) is 25.0. The molecule has 0 unspecified atom stereocenters. The van der Waals surface area contributed by atoms with Crippen LogP contribution in [0.25, 0.3) is 0 Å². The van der Waals surface area contributed by atoms with Crippen LogP contribution in [0.4, 0.5) is 0 Å². The molecular formula is C31H37FeN5O6. The number of amides is 3. The molecule has 3 fully saturated rings. The van der Waals surface area contributed by atoms with Gasteiger partial charge in [-0.25, -0.2) is 0 Å². The van der Waals surface area contributed by atoms with Gasteiger partial charge < -0.3 is 30.0 Å². The number of rotatable bonds is 3. The molecule has 0 radical (unpaired) electrons. The van der Waals surface area contributed by atoms with Crippen LogP contribution in [0.15, 0.2) is 61.2 Å². The van der Waals surface area contributed by atoms with E-state index in [9.17, 15) is 29.7 Å². The molecule has 3 aliphatic heterocycles. The Morgan fingerprint density at radius 1 is 0.512 bits per heavy atom. The van der Waals surface area contributed by atoms with Gasteiger partial charge in [0.25, 0.3) is 17.7 Å². The number of carbonyl (C=O) groups excluding carboxylic acids is 3. The van der Waals surface area contributed by atoms with E-state index in [1.54, 1.807) is 51.1 Å². The van der Waals surface area contributed by atoms with E-state index in [4.69, 9.17) is 0 Å². The van der Waals surface area contributed by atoms with E-state index in [-0.39, 0.29) is 52.0 Å². The molecule has 3 saturated heterocycles. The van der Waals surface area contributed by atoms with Gasteiger partial charge in [0, 0.05) is 68.7 Å². The molecule has 0 aliphatic carbocycles. The Morgan fingerprint density at radius 3 is 1.16 bits per heavy atom. The van der Waals surface area contributed by atoms with E-state index in [1.807, 2.05) is 0 Å². The number of pyridine rings is 2. The van der Waals surface area contributed by atoms with Crippen LogP contribution >= 0.6 is 0 Å². The monoisotopic (exact) mass is 631 g/mol. The summed E-state index contributed by atoms with van der Waals surface area (Å²) in [6.07, 6.45) is 12.0. The molecule has 3 aromatic rings. The molecule has 0 bridgehead atoms. The molecule has 3 N–H and O–H groups in total. The fraction of sp³-hybridized carbons (Fsp3) is 0.387. The zero-order valence-electron chi connectivity index (χ0n) is 23.9. The van der Waals surface area contributed by atoms with Crippen molar-refractivity contribution < 1.29 is 46.8 Å². The van der Waals surface area contributed by atoms with Gasteiger partial charge in [0.2, 0.25) is 0 Å². The van der Waals surface area contributed by atoms with Crippen molar-refractivity contribution in [2.45, 2.75) is 38.5 Å². The van der Waals surface area contributed by atoms with Gasteiger partial charge >= 0.3 is 0 Å². The number of nitrogens with zero attached hydrogens (tertiary/aromatic N) is 5. The Morgan fingerprint density at radius 2 is 0.837 bits per heavy atom. The molecule has 12 heteroatoms. The second-order valence-electron chi connectivity index (χ2n) is 10.3. The Kier molecular flexibility index (Phi) is 12.8. The third kappa shape index (κ3) is 8.92. The Bertz CT molecular complexity index is 1210. The van der Waals surface area contributed by atoms with E-state index < -0.39 is 0 Å². The summed E-state index contributed by atoms with van der Waals surface area (Å²) in [4.78, 5) is 48.2. The van der Waals surface area contributed by atoms with Crippen molar-refractivity contribution in [3.63, 3.8) is 0 Å². The summed E-state index contributed by atoms with van der Waals surface area (Å²) in [6, 6.07) is 9.80. The molecule has 2 aromatic heterocycles. The Balaban J connectivity index is 0.000000175. The molecular weight excluding hydrogens is 594 g/mol. The summed E-state index contributed by atoms with van der Waals surface area (Å²) in [5.74, 6) is -0.247. The predicted molar refractivity (Wildman–Crippen MR) is 155 cm³/mol. The first-order valence-electron chi connectivity index (χ1n) is 14.3. The zero-order chi connectivity index (χ0) is 29.9. The number of aromatic hydroxyl groups is 3. The Hall–Kier alpha value is -4.15. The van der Waals surface area contributed by atoms with Crippen LogP contribution in [0.1, 0.15) is 69.6 Å². The largest absolute Gasteiger partial charge is 0.507 e. The number of phenolic OH excluding ortho intramolecular Hbond substituents is 1. The maximum atomic E-state index is 11.8. The summed E-state index contributed by atoms with van der Waals surface area (Å²) in [5, 5.41) is 28.4. The second kappa shape index (κ2) is 16.5. The summed E-state index contributed by atoms with van der Waals surface area (Å²) in [7, 11) is 0. The van der Waals surface area contributed by atoms with Crippen LogP contribution in [0.5, 0.6) is 17.2 Å². The fourth-order valence-corrected chi connectivity index (χ4v) is 5.06. The van der Waals surface area contributed by atoms with Gasteiger partial charge in [-0.15, -0.1) is 0 Å². The first kappa shape index (κ1) is 33.4. The van der Waals surface area contributed by atoms with E-state index in [1.165, 1.54) is 24.8 Å². The molecule has 1 aromatic carbocycles. The van der Waals surface area contributed by atoms with Crippen molar-refractivity contribution >= 4 is 17.7 Å². The number of likely N-dealkylation sites (tertiary alicyclic amines) is 3. The predicted octanol–water partition coefficient (Wildman–Crippen LogP) is 3.67. The van der Waals surface area contributed by atoms with Crippen LogP contribution in [-0.2, 0) is 17.1 Å². The van der Waals surface area contributed by atoms with Crippen molar-refractivity contribution in [2.75, 3.05) is 39.3 Å². The van der Waals surface area contributed by atoms with Crippen LogP contribution in [-0.4, -0.2) is 97.0 Å². The van der Waals surface area contributed by atoms with Crippen LogP contribution in [0, 0.1) is 0 Å². The number of hydrogen-bond donors (Lipinski definition) is 3. The molecule has 230 valence electrons. The number of phenols is 1. The van der Waals surface area contributed by atoms with E-state index >= 15 is 0 Å². The Labute approximate surface area is 261 Å². The van der Waals surface area contributed by atoms with Gasteiger partial charge in [-0.1, -0.05) is 12.1 Å². The van der Waals surface area contributed by atoms with Crippen LogP contribution < -0.4 is 0 Å². The maximum absolute atomic E-state index is 11.8. The van der Waals surface area contributed by atoms with Crippen molar-refractivity contribution in [3.8, 4) is 17.2 Å². The average molecular weight is 632 g/mol. The van der Waals surface area contributed by atoms with Gasteiger partial charge in [0.05, 0.1) is 29.1 Å². The summed E-state index contributed by atoms with van der Waals surface area (Å²) >= 11 is 0. The third-order valence-electron chi connectivity index (χ3n) is 7.38. The van der Waals surface area contributed by atoms with Gasteiger partial charge in [-0.2, -0.15) is 0 Å². The first-order chi connectivity index (χ1) is 20.4. The number of para-hydroxylation sites is 1. The minimum atomic E-state index is -0.0950. The molecule has 6 rings (SSSR count). The fourth-order valence-electron chi connectivity index (χ4n) is 5.06. The number of benzene rings is 1. The van der Waals surface area contributed by atoms with Crippen molar-refractivity contribution in [2.24, 2.45) is 0 Å². The van der Waals surface area contributed by atoms with Crippen molar-refractivity contribution in [1.29, 1.82) is 0 Å². The average Bonchev–Trinajstić information content (AvgIpc) is 3.82. The molecule has 0 atom stereocenters. The van der Waals surface area contributed by atoms with Crippen molar-refractivity contribution in [3.05, 3.63) is 77.9 Å². The minimum Gasteiger partial charge on any atom is -0.507 e. The molecule has 3 amide bonds. The normalized spacial score (nSPS) is 15.5. The number of aromatic nitrogens is 2.